The number of nitrogens with zero attached hydrogens (tertiary/aromatic N) is 1. The summed E-state index contributed by atoms with van der Waals surface area (Å²) in [6, 6.07) is 29.2. The fraction of sp³-hybridized carbons (Fsp3) is 0.167. The lowest BCUT2D eigenvalue weighted by Crippen LogP contribution is -2.36. The SMILES string of the molecule is C=CCOc1ccc(C2CC(=O)N(Cc3cccc(C)c3)c3ccc4ccccc4c32)cc1. The van der Waals surface area contributed by atoms with Crippen LogP contribution in [0.5, 0.6) is 5.75 Å². The van der Waals surface area contributed by atoms with Crippen molar-refractivity contribution >= 4 is 22.4 Å². The summed E-state index contributed by atoms with van der Waals surface area (Å²) in [6.45, 7) is 6.84. The van der Waals surface area contributed by atoms with Crippen molar-refractivity contribution in [2.24, 2.45) is 0 Å². The smallest absolute Gasteiger partial charge is 0.228 e. The van der Waals surface area contributed by atoms with Gasteiger partial charge in [0.25, 0.3) is 0 Å². The zero-order chi connectivity index (χ0) is 22.8. The topological polar surface area (TPSA) is 29.5 Å². The van der Waals surface area contributed by atoms with Crippen LogP contribution in [0.25, 0.3) is 10.8 Å². The molecule has 1 atom stereocenters. The molecule has 1 heterocycles. The molecule has 0 saturated carbocycles. The molecule has 1 aliphatic rings. The van der Waals surface area contributed by atoms with Gasteiger partial charge < -0.3 is 9.64 Å². The molecule has 3 heteroatoms. The molecule has 1 aliphatic heterocycles. The third-order valence-corrected chi connectivity index (χ3v) is 6.34. The van der Waals surface area contributed by atoms with Crippen molar-refractivity contribution in [3.05, 3.63) is 120 Å². The zero-order valence-corrected chi connectivity index (χ0v) is 18.8. The average Bonchev–Trinajstić information content (AvgIpc) is 2.84. The molecule has 5 rings (SSSR count). The lowest BCUT2D eigenvalue weighted by Gasteiger charge is -2.35. The van der Waals surface area contributed by atoms with E-state index in [1.165, 1.54) is 21.9 Å². The molecule has 1 unspecified atom stereocenters. The van der Waals surface area contributed by atoms with Gasteiger partial charge in [0, 0.05) is 18.0 Å². The first kappa shape index (κ1) is 21.0. The maximum atomic E-state index is 13.5. The van der Waals surface area contributed by atoms with Gasteiger partial charge >= 0.3 is 0 Å². The first-order chi connectivity index (χ1) is 16.1. The van der Waals surface area contributed by atoms with E-state index in [1.54, 1.807) is 6.08 Å². The molecular weight excluding hydrogens is 406 g/mol. The molecule has 3 nitrogen and oxygen atoms in total. The fourth-order valence-electron chi connectivity index (χ4n) is 4.81. The Hall–Kier alpha value is -3.85. The van der Waals surface area contributed by atoms with E-state index < -0.39 is 0 Å². The average molecular weight is 434 g/mol. The summed E-state index contributed by atoms with van der Waals surface area (Å²) in [4.78, 5) is 15.4. The standard InChI is InChI=1S/C30H27NO2/c1-3-17-33-25-14-11-24(12-15-25)27-19-29(32)31(20-22-8-6-7-21(2)18-22)28-16-13-23-9-4-5-10-26(23)30(27)28/h3-16,18,27H,1,17,19-20H2,2H3. The van der Waals surface area contributed by atoms with Gasteiger partial charge in [-0.2, -0.15) is 0 Å². The van der Waals surface area contributed by atoms with Crippen LogP contribution in [0.1, 0.15) is 34.6 Å². The van der Waals surface area contributed by atoms with Gasteiger partial charge in [-0.15, -0.1) is 0 Å². The Morgan fingerprint density at radius 1 is 1.00 bits per heavy atom. The molecule has 0 bridgehead atoms. The van der Waals surface area contributed by atoms with Crippen molar-refractivity contribution in [1.29, 1.82) is 0 Å². The van der Waals surface area contributed by atoms with Crippen LogP contribution in [-0.2, 0) is 11.3 Å². The third kappa shape index (κ3) is 4.14. The van der Waals surface area contributed by atoms with Gasteiger partial charge in [-0.3, -0.25) is 4.79 Å². The number of benzene rings is 4. The number of amides is 1. The number of hydrogen-bond donors (Lipinski definition) is 0. The lowest BCUT2D eigenvalue weighted by atomic mass is 9.81. The highest BCUT2D eigenvalue weighted by Gasteiger charge is 2.33. The molecule has 0 saturated heterocycles. The van der Waals surface area contributed by atoms with Gasteiger partial charge in [0.2, 0.25) is 5.91 Å². The highest BCUT2D eigenvalue weighted by molar-refractivity contribution is 6.03. The number of fused-ring (bicyclic) bond motifs is 3. The molecular formula is C30H27NO2. The Kier molecular flexibility index (Phi) is 5.70. The van der Waals surface area contributed by atoms with Crippen molar-refractivity contribution < 1.29 is 9.53 Å². The van der Waals surface area contributed by atoms with Gasteiger partial charge in [-0.1, -0.05) is 84.9 Å². The summed E-state index contributed by atoms with van der Waals surface area (Å²) in [5, 5.41) is 2.39. The van der Waals surface area contributed by atoms with Crippen LogP contribution in [-0.4, -0.2) is 12.5 Å². The Labute approximate surface area is 194 Å². The summed E-state index contributed by atoms with van der Waals surface area (Å²) in [6.07, 6.45) is 2.18. The van der Waals surface area contributed by atoms with Crippen molar-refractivity contribution in [3.63, 3.8) is 0 Å². The van der Waals surface area contributed by atoms with E-state index in [2.05, 4.69) is 86.3 Å². The molecule has 33 heavy (non-hydrogen) atoms. The highest BCUT2D eigenvalue weighted by atomic mass is 16.5. The summed E-state index contributed by atoms with van der Waals surface area (Å²) in [5.41, 5.74) is 5.70. The molecule has 0 N–H and O–H groups in total. The van der Waals surface area contributed by atoms with Crippen LogP contribution in [0.4, 0.5) is 5.69 Å². The molecule has 0 aromatic heterocycles. The van der Waals surface area contributed by atoms with Gasteiger partial charge in [0.1, 0.15) is 12.4 Å². The number of carbonyl (C=O) groups excluding carboxylic acids is 1. The normalized spacial score (nSPS) is 15.4. The second-order valence-corrected chi connectivity index (χ2v) is 8.61. The van der Waals surface area contributed by atoms with Gasteiger partial charge in [-0.05, 0) is 52.6 Å². The number of anilines is 1. The predicted octanol–water partition coefficient (Wildman–Crippen LogP) is 6.78. The van der Waals surface area contributed by atoms with Crippen LogP contribution in [0.2, 0.25) is 0 Å². The van der Waals surface area contributed by atoms with E-state index in [-0.39, 0.29) is 11.8 Å². The van der Waals surface area contributed by atoms with Gasteiger partial charge in [0.15, 0.2) is 0 Å². The Bertz CT molecular complexity index is 1320. The maximum Gasteiger partial charge on any atom is 0.228 e. The number of aryl methyl sites for hydroxylation is 1. The van der Waals surface area contributed by atoms with Crippen LogP contribution < -0.4 is 9.64 Å². The largest absolute Gasteiger partial charge is 0.490 e. The molecule has 4 aromatic carbocycles. The van der Waals surface area contributed by atoms with Crippen molar-refractivity contribution in [2.75, 3.05) is 11.5 Å². The van der Waals surface area contributed by atoms with Crippen LogP contribution >= 0.6 is 0 Å². The van der Waals surface area contributed by atoms with E-state index in [9.17, 15) is 4.79 Å². The minimum atomic E-state index is 0.000753. The third-order valence-electron chi connectivity index (χ3n) is 6.34. The summed E-state index contributed by atoms with van der Waals surface area (Å²) in [5.74, 6) is 0.956. The molecule has 0 radical (unpaired) electrons. The summed E-state index contributed by atoms with van der Waals surface area (Å²) < 4.78 is 5.66. The minimum absolute atomic E-state index is 0.000753. The van der Waals surface area contributed by atoms with Crippen LogP contribution in [0, 0.1) is 6.92 Å². The number of rotatable bonds is 6. The fourth-order valence-corrected chi connectivity index (χ4v) is 4.81. The van der Waals surface area contributed by atoms with E-state index in [1.807, 2.05) is 17.0 Å². The maximum absolute atomic E-state index is 13.5. The molecule has 4 aromatic rings. The second-order valence-electron chi connectivity index (χ2n) is 8.61. The molecule has 164 valence electrons. The van der Waals surface area contributed by atoms with E-state index in [0.717, 1.165) is 22.6 Å². The lowest BCUT2D eigenvalue weighted by molar-refractivity contribution is -0.119. The molecule has 0 fully saturated rings. The second kappa shape index (κ2) is 8.95. The van der Waals surface area contributed by atoms with E-state index >= 15 is 0 Å². The Morgan fingerprint density at radius 3 is 2.61 bits per heavy atom. The number of carbonyl (C=O) groups is 1. The monoisotopic (exact) mass is 433 g/mol. The molecule has 1 amide bonds. The predicted molar refractivity (Wildman–Crippen MR) is 135 cm³/mol. The van der Waals surface area contributed by atoms with Gasteiger partial charge in [-0.25, -0.2) is 0 Å². The Balaban J connectivity index is 1.60. The summed E-state index contributed by atoms with van der Waals surface area (Å²) in [7, 11) is 0. The number of hydrogen-bond acceptors (Lipinski definition) is 2. The van der Waals surface area contributed by atoms with E-state index in [0.29, 0.717) is 19.6 Å². The zero-order valence-electron chi connectivity index (χ0n) is 18.8. The van der Waals surface area contributed by atoms with E-state index in [4.69, 9.17) is 4.74 Å². The van der Waals surface area contributed by atoms with Crippen molar-refractivity contribution in [2.45, 2.75) is 25.8 Å². The summed E-state index contributed by atoms with van der Waals surface area (Å²) >= 11 is 0. The van der Waals surface area contributed by atoms with Crippen LogP contribution in [0.15, 0.2) is 97.6 Å². The first-order valence-corrected chi connectivity index (χ1v) is 11.4. The van der Waals surface area contributed by atoms with Crippen molar-refractivity contribution in [1.82, 2.24) is 0 Å². The number of ether oxygens (including phenoxy) is 1. The quantitative estimate of drug-likeness (QED) is 0.314. The first-order valence-electron chi connectivity index (χ1n) is 11.4. The minimum Gasteiger partial charge on any atom is -0.490 e. The van der Waals surface area contributed by atoms with Crippen molar-refractivity contribution in [3.8, 4) is 5.75 Å². The highest BCUT2D eigenvalue weighted by Crippen LogP contribution is 2.44. The Morgan fingerprint density at radius 2 is 1.82 bits per heavy atom. The molecule has 0 aliphatic carbocycles. The van der Waals surface area contributed by atoms with Gasteiger partial charge in [0.05, 0.1) is 6.54 Å². The van der Waals surface area contributed by atoms with Crippen LogP contribution in [0.3, 0.4) is 0 Å². The molecule has 0 spiro atoms.